The van der Waals surface area contributed by atoms with Gasteiger partial charge in [-0.2, -0.15) is 18.3 Å². The number of benzene rings is 1. The first-order valence-electron chi connectivity index (χ1n) is 9.93. The summed E-state index contributed by atoms with van der Waals surface area (Å²) in [5.74, 6) is 0.393. The average molecular weight is 424 g/mol. The van der Waals surface area contributed by atoms with Crippen molar-refractivity contribution in [1.29, 1.82) is 0 Å². The monoisotopic (exact) mass is 424 g/mol. The van der Waals surface area contributed by atoms with E-state index in [4.69, 9.17) is 4.74 Å². The second kappa shape index (κ2) is 7.82. The van der Waals surface area contributed by atoms with Gasteiger partial charge >= 0.3 is 6.18 Å². The minimum atomic E-state index is -4.49. The first kappa shape index (κ1) is 20.5. The van der Waals surface area contributed by atoms with E-state index in [2.05, 4.69) is 17.5 Å². The highest BCUT2D eigenvalue weighted by molar-refractivity contribution is 5.99. The summed E-state index contributed by atoms with van der Waals surface area (Å²) in [4.78, 5) is 16.1. The molecule has 30 heavy (non-hydrogen) atoms. The lowest BCUT2D eigenvalue weighted by Crippen LogP contribution is -3.12. The van der Waals surface area contributed by atoms with E-state index < -0.39 is 18.3 Å². The number of nitrogens with zero attached hydrogens (tertiary/aromatic N) is 3. The van der Waals surface area contributed by atoms with Crippen LogP contribution >= 0.6 is 0 Å². The zero-order valence-corrected chi connectivity index (χ0v) is 16.9. The molecule has 3 heterocycles. The van der Waals surface area contributed by atoms with Crippen molar-refractivity contribution < 1.29 is 27.6 Å². The first-order valence-corrected chi connectivity index (χ1v) is 9.93. The lowest BCUT2D eigenvalue weighted by molar-refractivity contribution is -0.883. The van der Waals surface area contributed by atoms with E-state index >= 15 is 0 Å². The smallest absolute Gasteiger partial charge is 0.410 e. The van der Waals surface area contributed by atoms with Crippen molar-refractivity contribution in [1.82, 2.24) is 14.7 Å². The van der Waals surface area contributed by atoms with Gasteiger partial charge in [0.1, 0.15) is 17.1 Å². The molecular weight excluding hydrogens is 399 g/mol. The summed E-state index contributed by atoms with van der Waals surface area (Å²) in [5.41, 5.74) is 0.842. The molecule has 1 fully saturated rings. The first-order chi connectivity index (χ1) is 14.3. The van der Waals surface area contributed by atoms with Crippen molar-refractivity contribution in [3.05, 3.63) is 41.6 Å². The molecule has 2 aliphatic rings. The van der Waals surface area contributed by atoms with Crippen LogP contribution in [0.1, 0.15) is 34.4 Å². The lowest BCUT2D eigenvalue weighted by atomic mass is 9.96. The van der Waals surface area contributed by atoms with E-state index in [1.807, 2.05) is 0 Å². The molecule has 2 atom stereocenters. The fourth-order valence-electron chi connectivity index (χ4n) is 4.06. The Kier molecular flexibility index (Phi) is 5.35. The summed E-state index contributed by atoms with van der Waals surface area (Å²) >= 11 is 0. The number of methoxy groups -OCH3 is 1. The Morgan fingerprint density at radius 1 is 1.30 bits per heavy atom. The van der Waals surface area contributed by atoms with Gasteiger partial charge in [-0.15, -0.1) is 0 Å². The highest BCUT2D eigenvalue weighted by Gasteiger charge is 2.47. The number of likely N-dealkylation sites (N-methyl/N-ethyl adjacent to an activating group) is 1. The molecule has 2 aromatic rings. The largest absolute Gasteiger partial charge is 0.497 e. The van der Waals surface area contributed by atoms with Crippen molar-refractivity contribution in [3.8, 4) is 5.75 Å². The molecule has 7 nitrogen and oxygen atoms in total. The maximum absolute atomic E-state index is 13.9. The van der Waals surface area contributed by atoms with Crippen molar-refractivity contribution in [2.75, 3.05) is 45.7 Å². The number of anilines is 1. The third-order valence-electron chi connectivity index (χ3n) is 5.87. The Morgan fingerprint density at radius 3 is 2.70 bits per heavy atom. The minimum absolute atomic E-state index is 0.118. The Balaban J connectivity index is 1.68. The Bertz CT molecular complexity index is 921. The molecule has 0 radical (unpaired) electrons. The molecule has 1 saturated heterocycles. The minimum Gasteiger partial charge on any atom is -0.497 e. The molecule has 0 spiro atoms. The van der Waals surface area contributed by atoms with Gasteiger partial charge in [-0.3, -0.25) is 4.79 Å². The van der Waals surface area contributed by atoms with Crippen molar-refractivity contribution in [2.24, 2.45) is 0 Å². The summed E-state index contributed by atoms with van der Waals surface area (Å²) in [5, 5.41) is 7.09. The van der Waals surface area contributed by atoms with Crippen LogP contribution in [0.25, 0.3) is 0 Å². The quantitative estimate of drug-likeness (QED) is 0.785. The molecule has 10 heteroatoms. The van der Waals surface area contributed by atoms with Crippen LogP contribution in [-0.2, 0) is 0 Å². The van der Waals surface area contributed by atoms with Gasteiger partial charge in [-0.25, -0.2) is 4.68 Å². The molecule has 0 aliphatic carbocycles. The maximum atomic E-state index is 13.9. The Hall–Kier alpha value is -2.75. The Labute approximate surface area is 172 Å². The molecule has 1 aromatic carbocycles. The van der Waals surface area contributed by atoms with Gasteiger partial charge in [0.25, 0.3) is 5.91 Å². The van der Waals surface area contributed by atoms with Crippen LogP contribution < -0.4 is 15.0 Å². The van der Waals surface area contributed by atoms with Gasteiger partial charge in [0, 0.05) is 6.42 Å². The van der Waals surface area contributed by atoms with E-state index in [1.165, 1.54) is 18.2 Å². The standard InChI is InChI=1S/C20H24F3N5O2/c1-26-6-8-27(9-7-26)19(29)15-12-24-28-17(20(21,22)23)11-16(25-18(15)28)13-4-3-5-14(10-13)30-2/h3-5,10,12,16-17,25H,6-9,11H2,1-2H3/p+1/t16-,17+/m1/s1. The molecule has 0 bridgehead atoms. The topological polar surface area (TPSA) is 63.8 Å². The third kappa shape index (κ3) is 3.83. The van der Waals surface area contributed by atoms with E-state index in [9.17, 15) is 18.0 Å². The third-order valence-corrected chi connectivity index (χ3v) is 5.87. The number of piperazine rings is 1. The van der Waals surface area contributed by atoms with Crippen LogP contribution in [0.2, 0.25) is 0 Å². The van der Waals surface area contributed by atoms with Gasteiger partial charge in [-0.1, -0.05) is 12.1 Å². The van der Waals surface area contributed by atoms with Crippen LogP contribution in [-0.4, -0.2) is 67.1 Å². The highest BCUT2D eigenvalue weighted by atomic mass is 19.4. The summed E-state index contributed by atoms with van der Waals surface area (Å²) in [6, 6.07) is 4.50. The van der Waals surface area contributed by atoms with Crippen molar-refractivity contribution in [2.45, 2.75) is 24.7 Å². The van der Waals surface area contributed by atoms with Crippen LogP contribution in [0.4, 0.5) is 19.0 Å². The number of rotatable bonds is 3. The number of halogens is 3. The average Bonchev–Trinajstić information content (AvgIpc) is 3.16. The summed E-state index contributed by atoms with van der Waals surface area (Å²) < 4.78 is 47.7. The summed E-state index contributed by atoms with van der Waals surface area (Å²) in [6.45, 7) is 2.75. The van der Waals surface area contributed by atoms with Crippen LogP contribution in [0.15, 0.2) is 30.5 Å². The molecule has 1 amide bonds. The highest BCUT2D eigenvalue weighted by Crippen LogP contribution is 2.44. The number of carbonyl (C=O) groups excluding carboxylic acids is 1. The van der Waals surface area contributed by atoms with Crippen molar-refractivity contribution in [3.63, 3.8) is 0 Å². The number of fused-ring (bicyclic) bond motifs is 1. The molecule has 1 aromatic heterocycles. The zero-order chi connectivity index (χ0) is 21.5. The number of amides is 1. The van der Waals surface area contributed by atoms with Crippen LogP contribution in [0.5, 0.6) is 5.75 Å². The fraction of sp³-hybridized carbons (Fsp3) is 0.500. The van der Waals surface area contributed by atoms with Gasteiger partial charge in [0.2, 0.25) is 0 Å². The predicted molar refractivity (Wildman–Crippen MR) is 104 cm³/mol. The molecule has 0 unspecified atom stereocenters. The number of hydrogen-bond donors (Lipinski definition) is 2. The second-order valence-electron chi connectivity index (χ2n) is 7.87. The number of nitrogens with one attached hydrogen (secondary N) is 2. The van der Waals surface area contributed by atoms with E-state index in [0.29, 0.717) is 24.4 Å². The SMILES string of the molecule is COc1cccc([C@H]2C[C@@H](C(F)(F)F)n3ncc(C(=O)N4CC[NH+](C)CC4)c3N2)c1. The maximum Gasteiger partial charge on any atom is 0.410 e. The van der Waals surface area contributed by atoms with Gasteiger partial charge in [0.15, 0.2) is 6.04 Å². The number of carbonyl (C=O) groups is 1. The summed E-state index contributed by atoms with van der Waals surface area (Å²) in [6.07, 6.45) is -3.46. The molecule has 0 saturated carbocycles. The normalized spacial score (nSPS) is 22.4. The molecule has 4 rings (SSSR count). The number of ether oxygens (including phenoxy) is 1. The fourth-order valence-corrected chi connectivity index (χ4v) is 4.06. The van der Waals surface area contributed by atoms with E-state index in [-0.39, 0.29) is 23.7 Å². The molecule has 2 N–H and O–H groups in total. The predicted octanol–water partition coefficient (Wildman–Crippen LogP) is 1.52. The number of aromatic nitrogens is 2. The van der Waals surface area contributed by atoms with Crippen molar-refractivity contribution >= 4 is 11.7 Å². The van der Waals surface area contributed by atoms with Crippen LogP contribution in [0, 0.1) is 0 Å². The van der Waals surface area contributed by atoms with Gasteiger partial charge in [0.05, 0.1) is 52.6 Å². The van der Waals surface area contributed by atoms with Gasteiger partial charge < -0.3 is 19.9 Å². The molecule has 162 valence electrons. The van der Waals surface area contributed by atoms with E-state index in [0.717, 1.165) is 17.8 Å². The number of quaternary nitrogens is 1. The number of alkyl halides is 3. The molecule has 2 aliphatic heterocycles. The Morgan fingerprint density at radius 2 is 2.03 bits per heavy atom. The van der Waals surface area contributed by atoms with Gasteiger partial charge in [-0.05, 0) is 17.7 Å². The van der Waals surface area contributed by atoms with Crippen LogP contribution in [0.3, 0.4) is 0 Å². The molecular formula is C20H25F3N5O2+. The van der Waals surface area contributed by atoms with E-state index in [1.54, 1.807) is 29.2 Å². The zero-order valence-electron chi connectivity index (χ0n) is 16.9. The number of hydrogen-bond acceptors (Lipinski definition) is 4. The second-order valence-corrected chi connectivity index (χ2v) is 7.87. The lowest BCUT2D eigenvalue weighted by Gasteiger charge is -2.35. The summed E-state index contributed by atoms with van der Waals surface area (Å²) in [7, 11) is 3.56.